The van der Waals surface area contributed by atoms with Crippen molar-refractivity contribution in [3.05, 3.63) is 24.2 Å². The first-order chi connectivity index (χ1) is 9.48. The Morgan fingerprint density at radius 3 is 2.85 bits per heavy atom. The average Bonchev–Trinajstić information content (AvgIpc) is 3.07. The lowest BCUT2D eigenvalue weighted by Gasteiger charge is -2.19. The van der Waals surface area contributed by atoms with Gasteiger partial charge in [-0.25, -0.2) is 13.4 Å². The van der Waals surface area contributed by atoms with Crippen LogP contribution in [0.25, 0.3) is 0 Å². The van der Waals surface area contributed by atoms with Crippen molar-refractivity contribution in [2.24, 2.45) is 7.05 Å². The van der Waals surface area contributed by atoms with Crippen molar-refractivity contribution in [3.8, 4) is 0 Å². The molecule has 0 saturated carbocycles. The second kappa shape index (κ2) is 4.67. The Morgan fingerprint density at radius 1 is 1.45 bits per heavy atom. The molecule has 0 radical (unpaired) electrons. The highest BCUT2D eigenvalue weighted by molar-refractivity contribution is 7.89. The van der Waals surface area contributed by atoms with E-state index in [1.165, 1.54) is 16.8 Å². The van der Waals surface area contributed by atoms with Gasteiger partial charge < -0.3 is 9.09 Å². The van der Waals surface area contributed by atoms with Crippen LogP contribution in [0.5, 0.6) is 0 Å². The van der Waals surface area contributed by atoms with Crippen molar-refractivity contribution in [2.45, 2.75) is 30.8 Å². The molecule has 2 aromatic rings. The minimum atomic E-state index is -3.63. The van der Waals surface area contributed by atoms with Gasteiger partial charge in [-0.3, -0.25) is 0 Å². The molecule has 1 saturated heterocycles. The van der Waals surface area contributed by atoms with Gasteiger partial charge in [0.15, 0.2) is 10.9 Å². The molecule has 0 aliphatic carbocycles. The van der Waals surface area contributed by atoms with Gasteiger partial charge in [-0.15, -0.1) is 0 Å². The Balaban J connectivity index is 1.96. The van der Waals surface area contributed by atoms with Crippen LogP contribution in [0.3, 0.4) is 0 Å². The van der Waals surface area contributed by atoms with Crippen molar-refractivity contribution in [3.63, 3.8) is 0 Å². The molecule has 108 valence electrons. The van der Waals surface area contributed by atoms with Gasteiger partial charge in [-0.2, -0.15) is 9.29 Å². The minimum absolute atomic E-state index is 0.0446. The molecule has 3 heterocycles. The quantitative estimate of drug-likeness (QED) is 0.825. The topological polar surface area (TPSA) is 94.1 Å². The van der Waals surface area contributed by atoms with Crippen molar-refractivity contribution in [1.29, 1.82) is 0 Å². The summed E-state index contributed by atoms with van der Waals surface area (Å²) in [5.41, 5.74) is 0. The number of imidazole rings is 1. The van der Waals surface area contributed by atoms with Crippen LogP contribution in [0, 0.1) is 6.92 Å². The lowest BCUT2D eigenvalue weighted by atomic mass is 10.2. The van der Waals surface area contributed by atoms with E-state index >= 15 is 0 Å². The van der Waals surface area contributed by atoms with Gasteiger partial charge >= 0.3 is 0 Å². The maximum Gasteiger partial charge on any atom is 0.262 e. The lowest BCUT2D eigenvalue weighted by molar-refractivity contribution is 0.289. The smallest absolute Gasteiger partial charge is 0.262 e. The SMILES string of the molecule is Cc1noc([C@@H]2CCCN2S(=O)(=O)c2cn(C)cn2)n1. The normalized spacial score (nSPS) is 20.6. The minimum Gasteiger partial charge on any atom is -0.339 e. The molecule has 0 bridgehead atoms. The number of rotatable bonds is 3. The number of nitrogens with zero attached hydrogens (tertiary/aromatic N) is 5. The maximum absolute atomic E-state index is 12.6. The number of aryl methyl sites for hydroxylation is 2. The number of sulfonamides is 1. The third kappa shape index (κ3) is 2.12. The molecule has 9 heteroatoms. The summed E-state index contributed by atoms with van der Waals surface area (Å²) < 4.78 is 33.3. The van der Waals surface area contributed by atoms with Crippen molar-refractivity contribution >= 4 is 10.0 Å². The van der Waals surface area contributed by atoms with Gasteiger partial charge in [0, 0.05) is 19.8 Å². The van der Waals surface area contributed by atoms with Gasteiger partial charge in [-0.1, -0.05) is 5.16 Å². The number of aromatic nitrogens is 4. The first-order valence-corrected chi connectivity index (χ1v) is 7.72. The van der Waals surface area contributed by atoms with E-state index in [4.69, 9.17) is 4.52 Å². The summed E-state index contributed by atoms with van der Waals surface area (Å²) in [7, 11) is -1.90. The highest BCUT2D eigenvalue weighted by atomic mass is 32.2. The number of hydrogen-bond acceptors (Lipinski definition) is 6. The van der Waals surface area contributed by atoms with Crippen LogP contribution in [-0.2, 0) is 17.1 Å². The van der Waals surface area contributed by atoms with Crippen LogP contribution >= 0.6 is 0 Å². The van der Waals surface area contributed by atoms with Crippen molar-refractivity contribution in [1.82, 2.24) is 24.0 Å². The average molecular weight is 297 g/mol. The molecule has 0 spiro atoms. The van der Waals surface area contributed by atoms with Gasteiger partial charge in [0.05, 0.1) is 6.33 Å². The molecule has 0 amide bonds. The second-order valence-corrected chi connectivity index (χ2v) is 6.67. The molecule has 1 aliphatic heterocycles. The summed E-state index contributed by atoms with van der Waals surface area (Å²) in [6.07, 6.45) is 4.39. The van der Waals surface area contributed by atoms with E-state index in [0.717, 1.165) is 6.42 Å². The van der Waals surface area contributed by atoms with E-state index in [1.807, 2.05) is 0 Å². The summed E-state index contributed by atoms with van der Waals surface area (Å²) in [6, 6.07) is -0.400. The molecule has 3 rings (SSSR count). The van der Waals surface area contributed by atoms with E-state index < -0.39 is 16.1 Å². The highest BCUT2D eigenvalue weighted by Crippen LogP contribution is 2.35. The second-order valence-electron chi connectivity index (χ2n) is 4.83. The summed E-state index contributed by atoms with van der Waals surface area (Å²) in [5, 5.41) is 3.77. The zero-order valence-corrected chi connectivity index (χ0v) is 12.0. The van der Waals surface area contributed by atoms with E-state index in [1.54, 1.807) is 18.5 Å². The van der Waals surface area contributed by atoms with E-state index in [9.17, 15) is 8.42 Å². The standard InChI is InChI=1S/C11H15N5O3S/c1-8-13-11(19-14-8)9-4-3-5-16(9)20(17,18)10-6-15(2)7-12-10/h6-7,9H,3-5H2,1-2H3/t9-/m0/s1. The van der Waals surface area contributed by atoms with Gasteiger partial charge in [-0.05, 0) is 19.8 Å². The number of hydrogen-bond donors (Lipinski definition) is 0. The Morgan fingerprint density at radius 2 is 2.25 bits per heavy atom. The van der Waals surface area contributed by atoms with Crippen LogP contribution < -0.4 is 0 Å². The molecule has 20 heavy (non-hydrogen) atoms. The Labute approximate surface area is 116 Å². The molecule has 8 nitrogen and oxygen atoms in total. The Hall–Kier alpha value is -1.74. The molecule has 0 unspecified atom stereocenters. The Bertz CT molecular complexity index is 720. The van der Waals surface area contributed by atoms with E-state index in [2.05, 4.69) is 15.1 Å². The molecule has 0 aromatic carbocycles. The molecule has 2 aromatic heterocycles. The maximum atomic E-state index is 12.6. The summed E-state index contributed by atoms with van der Waals surface area (Å²) in [4.78, 5) is 8.08. The lowest BCUT2D eigenvalue weighted by Crippen LogP contribution is -2.31. The summed E-state index contributed by atoms with van der Waals surface area (Å²) in [6.45, 7) is 2.14. The van der Waals surface area contributed by atoms with Crippen LogP contribution in [0.4, 0.5) is 0 Å². The molecule has 1 fully saturated rings. The fourth-order valence-electron chi connectivity index (χ4n) is 2.37. The van der Waals surface area contributed by atoms with Crippen LogP contribution in [0.2, 0.25) is 0 Å². The molecule has 1 atom stereocenters. The van der Waals surface area contributed by atoms with Gasteiger partial charge in [0.2, 0.25) is 5.89 Å². The molecule has 1 aliphatic rings. The third-order valence-electron chi connectivity index (χ3n) is 3.29. The fraction of sp³-hybridized carbons (Fsp3) is 0.545. The zero-order valence-electron chi connectivity index (χ0n) is 11.2. The van der Waals surface area contributed by atoms with Crippen molar-refractivity contribution < 1.29 is 12.9 Å². The zero-order chi connectivity index (χ0) is 14.3. The predicted octanol–water partition coefficient (Wildman–Crippen LogP) is 0.637. The molecule has 0 N–H and O–H groups in total. The predicted molar refractivity (Wildman–Crippen MR) is 68.1 cm³/mol. The van der Waals surface area contributed by atoms with Crippen LogP contribution in [0.1, 0.15) is 30.6 Å². The van der Waals surface area contributed by atoms with Crippen LogP contribution in [-0.4, -0.2) is 39.0 Å². The molecular formula is C11H15N5O3S. The third-order valence-corrected chi connectivity index (χ3v) is 5.08. The monoisotopic (exact) mass is 297 g/mol. The first-order valence-electron chi connectivity index (χ1n) is 6.28. The fourth-order valence-corrected chi connectivity index (χ4v) is 3.99. The van der Waals surface area contributed by atoms with E-state index in [-0.39, 0.29) is 5.03 Å². The van der Waals surface area contributed by atoms with E-state index in [0.29, 0.717) is 24.7 Å². The summed E-state index contributed by atoms with van der Waals surface area (Å²) >= 11 is 0. The van der Waals surface area contributed by atoms with Gasteiger partial charge in [0.25, 0.3) is 10.0 Å². The largest absolute Gasteiger partial charge is 0.339 e. The summed E-state index contributed by atoms with van der Waals surface area (Å²) in [5.74, 6) is 0.849. The van der Waals surface area contributed by atoms with Crippen molar-refractivity contribution in [2.75, 3.05) is 6.54 Å². The Kier molecular flexibility index (Phi) is 3.09. The van der Waals surface area contributed by atoms with Crippen LogP contribution in [0.15, 0.2) is 22.1 Å². The van der Waals surface area contributed by atoms with Gasteiger partial charge in [0.1, 0.15) is 6.04 Å². The molecular weight excluding hydrogens is 282 g/mol. The highest BCUT2D eigenvalue weighted by Gasteiger charge is 2.40. The first kappa shape index (κ1) is 13.3.